The summed E-state index contributed by atoms with van der Waals surface area (Å²) < 4.78 is 26.9. The van der Waals surface area contributed by atoms with Crippen molar-refractivity contribution >= 4 is 15.9 Å². The van der Waals surface area contributed by atoms with Crippen LogP contribution in [0.2, 0.25) is 0 Å². The minimum Gasteiger partial charge on any atom is -0.352 e. The monoisotopic (exact) mass is 308 g/mol. The molecule has 114 valence electrons. The van der Waals surface area contributed by atoms with Gasteiger partial charge in [0.15, 0.2) is 0 Å². The van der Waals surface area contributed by atoms with Crippen LogP contribution in [0.1, 0.15) is 32.1 Å². The second-order valence-corrected chi connectivity index (χ2v) is 7.61. The van der Waals surface area contributed by atoms with Crippen molar-refractivity contribution in [2.75, 3.05) is 6.54 Å². The third-order valence-electron chi connectivity index (χ3n) is 4.03. The van der Waals surface area contributed by atoms with Crippen molar-refractivity contribution in [2.45, 2.75) is 49.1 Å². The zero-order valence-electron chi connectivity index (χ0n) is 11.9. The number of nitrogens with one attached hydrogen (secondary N) is 1. The molecule has 21 heavy (non-hydrogen) atoms. The molecule has 2 fully saturated rings. The molecule has 0 bridgehead atoms. The molecular weight excluding hydrogens is 288 g/mol. The third kappa shape index (κ3) is 3.11. The molecule has 0 aromatic heterocycles. The lowest BCUT2D eigenvalue weighted by atomic mass is 10.0. The van der Waals surface area contributed by atoms with E-state index >= 15 is 0 Å². The average Bonchev–Trinajstić information content (AvgIpc) is 3.32. The molecule has 0 radical (unpaired) electrons. The van der Waals surface area contributed by atoms with Crippen LogP contribution < -0.4 is 5.32 Å². The largest absolute Gasteiger partial charge is 0.352 e. The summed E-state index contributed by atoms with van der Waals surface area (Å²) in [7, 11) is -3.60. The van der Waals surface area contributed by atoms with E-state index in [9.17, 15) is 13.2 Å². The Balaban J connectivity index is 1.84. The molecule has 5 nitrogen and oxygen atoms in total. The van der Waals surface area contributed by atoms with E-state index in [1.54, 1.807) is 30.3 Å². The van der Waals surface area contributed by atoms with Gasteiger partial charge in [0.2, 0.25) is 15.9 Å². The number of hydrogen-bond donors (Lipinski definition) is 1. The topological polar surface area (TPSA) is 66.5 Å². The fourth-order valence-electron chi connectivity index (χ4n) is 2.71. The molecule has 1 aromatic rings. The van der Waals surface area contributed by atoms with Crippen LogP contribution in [-0.2, 0) is 14.8 Å². The summed E-state index contributed by atoms with van der Waals surface area (Å²) >= 11 is 0. The van der Waals surface area contributed by atoms with Crippen LogP contribution in [0.4, 0.5) is 0 Å². The smallest absolute Gasteiger partial charge is 0.243 e. The minimum absolute atomic E-state index is 0.142. The molecule has 1 amide bonds. The summed E-state index contributed by atoms with van der Waals surface area (Å²) in [6, 6.07) is 8.04. The number of rotatable bonds is 4. The SMILES string of the molecule is O=C(NC1CC1)[C@@H]1CCCCN1S(=O)(=O)c1ccccc1. The lowest BCUT2D eigenvalue weighted by Gasteiger charge is -2.33. The zero-order chi connectivity index (χ0) is 14.9. The van der Waals surface area contributed by atoms with Crippen molar-refractivity contribution in [2.24, 2.45) is 0 Å². The van der Waals surface area contributed by atoms with Crippen molar-refractivity contribution in [3.63, 3.8) is 0 Å². The first-order valence-electron chi connectivity index (χ1n) is 7.46. The number of piperidine rings is 1. The molecule has 1 heterocycles. The van der Waals surface area contributed by atoms with E-state index in [-0.39, 0.29) is 16.8 Å². The first kappa shape index (κ1) is 14.5. The normalized spacial score (nSPS) is 23.7. The first-order valence-corrected chi connectivity index (χ1v) is 8.90. The summed E-state index contributed by atoms with van der Waals surface area (Å²) in [6.45, 7) is 0.417. The number of nitrogens with zero attached hydrogens (tertiary/aromatic N) is 1. The molecule has 1 atom stereocenters. The van der Waals surface area contributed by atoms with Gasteiger partial charge >= 0.3 is 0 Å². The molecule has 6 heteroatoms. The summed E-state index contributed by atoms with van der Waals surface area (Å²) in [5, 5.41) is 2.93. The molecule has 0 spiro atoms. The molecule has 1 saturated heterocycles. The fraction of sp³-hybridized carbons (Fsp3) is 0.533. The van der Waals surface area contributed by atoms with Gasteiger partial charge < -0.3 is 5.32 Å². The lowest BCUT2D eigenvalue weighted by Crippen LogP contribution is -2.52. The van der Waals surface area contributed by atoms with Crippen LogP contribution in [0.25, 0.3) is 0 Å². The highest BCUT2D eigenvalue weighted by Crippen LogP contribution is 2.26. The van der Waals surface area contributed by atoms with E-state index in [2.05, 4.69) is 5.32 Å². The summed E-state index contributed by atoms with van der Waals surface area (Å²) in [4.78, 5) is 12.6. The zero-order valence-corrected chi connectivity index (χ0v) is 12.7. The van der Waals surface area contributed by atoms with E-state index in [1.165, 1.54) is 4.31 Å². The maximum absolute atomic E-state index is 12.7. The number of carbonyl (C=O) groups is 1. The van der Waals surface area contributed by atoms with Gasteiger partial charge in [0, 0.05) is 12.6 Å². The Morgan fingerprint density at radius 2 is 1.81 bits per heavy atom. The van der Waals surface area contributed by atoms with E-state index in [0.29, 0.717) is 13.0 Å². The quantitative estimate of drug-likeness (QED) is 0.917. The van der Waals surface area contributed by atoms with Gasteiger partial charge in [-0.1, -0.05) is 24.6 Å². The lowest BCUT2D eigenvalue weighted by molar-refractivity contribution is -0.125. The molecule has 3 rings (SSSR count). The molecular formula is C15H20N2O3S. The molecule has 1 aromatic carbocycles. The molecule has 0 unspecified atom stereocenters. The van der Waals surface area contributed by atoms with Crippen molar-refractivity contribution < 1.29 is 13.2 Å². The van der Waals surface area contributed by atoms with Gasteiger partial charge in [-0.3, -0.25) is 4.79 Å². The van der Waals surface area contributed by atoms with Crippen LogP contribution >= 0.6 is 0 Å². The standard InChI is InChI=1S/C15H20N2O3S/c18-15(16-12-9-10-12)14-8-4-5-11-17(14)21(19,20)13-6-2-1-3-7-13/h1-3,6-7,12,14H,4-5,8-11H2,(H,16,18)/t14-/m0/s1. The van der Waals surface area contributed by atoms with Crippen LogP contribution in [0.5, 0.6) is 0 Å². The highest BCUT2D eigenvalue weighted by atomic mass is 32.2. The van der Waals surface area contributed by atoms with Crippen molar-refractivity contribution in [3.05, 3.63) is 30.3 Å². The number of amides is 1. The minimum atomic E-state index is -3.60. The highest BCUT2D eigenvalue weighted by Gasteiger charge is 2.39. The van der Waals surface area contributed by atoms with E-state index in [1.807, 2.05) is 0 Å². The van der Waals surface area contributed by atoms with Crippen molar-refractivity contribution in [3.8, 4) is 0 Å². The number of benzene rings is 1. The molecule has 1 N–H and O–H groups in total. The number of sulfonamides is 1. The van der Waals surface area contributed by atoms with E-state index in [4.69, 9.17) is 0 Å². The Morgan fingerprint density at radius 1 is 1.10 bits per heavy atom. The third-order valence-corrected chi connectivity index (χ3v) is 5.95. The van der Waals surface area contributed by atoms with E-state index in [0.717, 1.165) is 25.7 Å². The number of hydrogen-bond acceptors (Lipinski definition) is 3. The van der Waals surface area contributed by atoms with Crippen molar-refractivity contribution in [1.29, 1.82) is 0 Å². The molecule has 1 aliphatic heterocycles. The summed E-state index contributed by atoms with van der Waals surface area (Å²) in [5.74, 6) is -0.142. The summed E-state index contributed by atoms with van der Waals surface area (Å²) in [6.07, 6.45) is 4.31. The van der Waals surface area contributed by atoms with Gasteiger partial charge in [0.25, 0.3) is 0 Å². The number of carbonyl (C=O) groups excluding carboxylic acids is 1. The van der Waals surface area contributed by atoms with Crippen LogP contribution in [0.3, 0.4) is 0 Å². The van der Waals surface area contributed by atoms with Crippen LogP contribution in [0, 0.1) is 0 Å². The Hall–Kier alpha value is -1.40. The summed E-state index contributed by atoms with van der Waals surface area (Å²) in [5.41, 5.74) is 0. The van der Waals surface area contributed by atoms with Gasteiger partial charge in [-0.2, -0.15) is 4.31 Å². The highest BCUT2D eigenvalue weighted by molar-refractivity contribution is 7.89. The molecule has 1 aliphatic carbocycles. The second kappa shape index (κ2) is 5.77. The van der Waals surface area contributed by atoms with E-state index < -0.39 is 16.1 Å². The second-order valence-electron chi connectivity index (χ2n) is 5.72. The molecule has 2 aliphatic rings. The van der Waals surface area contributed by atoms with Crippen LogP contribution in [0.15, 0.2) is 35.2 Å². The van der Waals surface area contributed by atoms with Gasteiger partial charge in [0.1, 0.15) is 6.04 Å². The maximum Gasteiger partial charge on any atom is 0.243 e. The predicted molar refractivity (Wildman–Crippen MR) is 79.1 cm³/mol. The molecule has 1 saturated carbocycles. The Bertz CT molecular complexity index is 611. The van der Waals surface area contributed by atoms with Gasteiger partial charge in [-0.25, -0.2) is 8.42 Å². The predicted octanol–water partition coefficient (Wildman–Crippen LogP) is 1.51. The Kier molecular flexibility index (Phi) is 3.99. The Labute approximate surface area is 125 Å². The van der Waals surface area contributed by atoms with Crippen LogP contribution in [-0.4, -0.2) is 37.3 Å². The Morgan fingerprint density at radius 3 is 2.48 bits per heavy atom. The maximum atomic E-state index is 12.7. The van der Waals surface area contributed by atoms with Crippen molar-refractivity contribution in [1.82, 2.24) is 9.62 Å². The van der Waals surface area contributed by atoms with Gasteiger partial charge in [-0.05, 0) is 37.8 Å². The average molecular weight is 308 g/mol. The van der Waals surface area contributed by atoms with Gasteiger partial charge in [0.05, 0.1) is 4.90 Å². The van der Waals surface area contributed by atoms with Gasteiger partial charge in [-0.15, -0.1) is 0 Å². The fourth-order valence-corrected chi connectivity index (χ4v) is 4.39. The first-order chi connectivity index (χ1) is 10.1.